The average Bonchev–Trinajstić information content (AvgIpc) is 3.42. The van der Waals surface area contributed by atoms with Crippen LogP contribution in [0.15, 0.2) is 97.1 Å². The van der Waals surface area contributed by atoms with Crippen molar-refractivity contribution in [2.24, 2.45) is 11.8 Å². The minimum Gasteiger partial charge on any atom is -0.462 e. The Balaban J connectivity index is 1.24. The maximum atomic E-state index is 13.0. The topological polar surface area (TPSA) is 69.7 Å². The number of carbonyl (C=O) groups is 3. The van der Waals surface area contributed by atoms with Gasteiger partial charge in [-0.2, -0.15) is 0 Å². The van der Waals surface area contributed by atoms with Gasteiger partial charge in [0.1, 0.15) is 12.2 Å². The first-order chi connectivity index (χ1) is 17.6. The smallest absolute Gasteiger partial charge is 0.338 e. The Morgan fingerprint density at radius 2 is 1.56 bits per heavy atom. The van der Waals surface area contributed by atoms with Crippen molar-refractivity contribution in [1.82, 2.24) is 0 Å². The summed E-state index contributed by atoms with van der Waals surface area (Å²) in [7, 11) is 0. The predicted molar refractivity (Wildman–Crippen MR) is 136 cm³/mol. The van der Waals surface area contributed by atoms with Gasteiger partial charge in [0.25, 0.3) is 0 Å². The molecule has 2 fully saturated rings. The molecule has 0 spiro atoms. The van der Waals surface area contributed by atoms with Crippen molar-refractivity contribution in [3.8, 4) is 11.1 Å². The predicted octanol–water partition coefficient (Wildman–Crippen LogP) is 5.59. The van der Waals surface area contributed by atoms with Crippen molar-refractivity contribution in [1.29, 1.82) is 0 Å². The van der Waals surface area contributed by atoms with Crippen LogP contribution in [0.1, 0.15) is 35.2 Å². The lowest BCUT2D eigenvalue weighted by molar-refractivity contribution is -0.141. The molecule has 5 nitrogen and oxygen atoms in total. The molecular weight excluding hydrogens is 452 g/mol. The molecule has 2 aliphatic rings. The van der Waals surface area contributed by atoms with Crippen LogP contribution in [0.4, 0.5) is 0 Å². The number of ether oxygens (including phenoxy) is 2. The number of hydrogen-bond acceptors (Lipinski definition) is 5. The van der Waals surface area contributed by atoms with Crippen LogP contribution in [0, 0.1) is 11.8 Å². The lowest BCUT2D eigenvalue weighted by Gasteiger charge is -2.20. The molecule has 0 aromatic heterocycles. The van der Waals surface area contributed by atoms with Crippen LogP contribution < -0.4 is 0 Å². The van der Waals surface area contributed by atoms with E-state index in [1.54, 1.807) is 18.2 Å². The first-order valence-electron chi connectivity index (χ1n) is 12.4. The van der Waals surface area contributed by atoms with Crippen LogP contribution in [0.2, 0.25) is 0 Å². The molecule has 4 atom stereocenters. The van der Waals surface area contributed by atoms with Crippen molar-refractivity contribution < 1.29 is 23.9 Å². The van der Waals surface area contributed by atoms with Crippen molar-refractivity contribution in [2.45, 2.75) is 37.9 Å². The number of carbonyl (C=O) groups excluding carboxylic acids is 3. The van der Waals surface area contributed by atoms with E-state index in [4.69, 9.17) is 9.47 Å². The van der Waals surface area contributed by atoms with Gasteiger partial charge < -0.3 is 9.47 Å². The average molecular weight is 481 g/mol. The van der Waals surface area contributed by atoms with Gasteiger partial charge in [0.15, 0.2) is 5.78 Å². The van der Waals surface area contributed by atoms with E-state index in [1.807, 2.05) is 78.9 Å². The monoisotopic (exact) mass is 480 g/mol. The Bertz CT molecular complexity index is 1250. The number of fused-ring (bicyclic) bond motifs is 1. The number of aryl methyl sites for hydroxylation is 1. The van der Waals surface area contributed by atoms with E-state index in [-0.39, 0.29) is 36.1 Å². The van der Waals surface area contributed by atoms with Crippen molar-refractivity contribution >= 4 is 17.7 Å². The Kier molecular flexibility index (Phi) is 7.08. The lowest BCUT2D eigenvalue weighted by Crippen LogP contribution is -2.25. The number of benzene rings is 3. The van der Waals surface area contributed by atoms with Crippen molar-refractivity contribution in [3.05, 3.63) is 108 Å². The van der Waals surface area contributed by atoms with Crippen molar-refractivity contribution in [2.75, 3.05) is 0 Å². The summed E-state index contributed by atoms with van der Waals surface area (Å²) < 4.78 is 11.4. The van der Waals surface area contributed by atoms with Gasteiger partial charge in [-0.3, -0.25) is 9.59 Å². The summed E-state index contributed by atoms with van der Waals surface area (Å²) in [6, 6.07) is 27.1. The summed E-state index contributed by atoms with van der Waals surface area (Å²) in [5.74, 6) is -0.975. The highest BCUT2D eigenvalue weighted by atomic mass is 16.6. The van der Waals surface area contributed by atoms with E-state index in [0.717, 1.165) is 16.7 Å². The Labute approximate surface area is 210 Å². The molecule has 3 aromatic carbocycles. The highest BCUT2D eigenvalue weighted by molar-refractivity contribution is 5.91. The zero-order valence-electron chi connectivity index (χ0n) is 19.9. The second-order valence-electron chi connectivity index (χ2n) is 9.41. The van der Waals surface area contributed by atoms with E-state index < -0.39 is 12.1 Å². The molecule has 1 saturated heterocycles. The number of esters is 2. The quantitative estimate of drug-likeness (QED) is 0.311. The van der Waals surface area contributed by atoms with Gasteiger partial charge in [-0.1, -0.05) is 78.9 Å². The minimum absolute atomic E-state index is 0.00845. The van der Waals surface area contributed by atoms with E-state index in [2.05, 4.69) is 0 Å². The SMILES string of the molecule is O=C(C=CC1C(OC(=O)c2ccc(-c3ccccc3)cc2)CC2OC(=O)CC21)CCc1ccccc1. The second-order valence-corrected chi connectivity index (χ2v) is 9.41. The highest BCUT2D eigenvalue weighted by Gasteiger charge is 2.50. The van der Waals surface area contributed by atoms with Gasteiger partial charge in [-0.15, -0.1) is 0 Å². The zero-order chi connectivity index (χ0) is 24.9. The first kappa shape index (κ1) is 23.7. The summed E-state index contributed by atoms with van der Waals surface area (Å²) in [6.45, 7) is 0. The van der Waals surface area contributed by atoms with Crippen LogP contribution in [0.5, 0.6) is 0 Å². The van der Waals surface area contributed by atoms with E-state index in [1.165, 1.54) is 0 Å². The number of hydrogen-bond donors (Lipinski definition) is 0. The van der Waals surface area contributed by atoms with Crippen LogP contribution in [-0.2, 0) is 25.5 Å². The molecule has 0 N–H and O–H groups in total. The van der Waals surface area contributed by atoms with Crippen LogP contribution in [0.3, 0.4) is 0 Å². The fourth-order valence-corrected chi connectivity index (χ4v) is 5.14. The Hall–Kier alpha value is -3.99. The molecule has 5 heteroatoms. The van der Waals surface area contributed by atoms with Gasteiger partial charge in [-0.05, 0) is 41.3 Å². The molecule has 5 rings (SSSR count). The molecule has 1 saturated carbocycles. The molecule has 4 unspecified atom stereocenters. The summed E-state index contributed by atoms with van der Waals surface area (Å²) in [4.78, 5) is 37.4. The van der Waals surface area contributed by atoms with Crippen molar-refractivity contribution in [3.63, 3.8) is 0 Å². The number of rotatable bonds is 8. The van der Waals surface area contributed by atoms with E-state index in [0.29, 0.717) is 24.8 Å². The molecule has 1 aliphatic heterocycles. The zero-order valence-corrected chi connectivity index (χ0v) is 19.9. The van der Waals surface area contributed by atoms with E-state index >= 15 is 0 Å². The third kappa shape index (κ3) is 5.46. The Morgan fingerprint density at radius 3 is 2.28 bits per heavy atom. The molecular formula is C31H28O5. The largest absolute Gasteiger partial charge is 0.462 e. The number of ketones is 1. The second kappa shape index (κ2) is 10.7. The van der Waals surface area contributed by atoms with Crippen LogP contribution in [-0.4, -0.2) is 29.9 Å². The molecule has 1 heterocycles. The normalized spacial score (nSPS) is 22.8. The van der Waals surface area contributed by atoms with Gasteiger partial charge in [0.05, 0.1) is 12.0 Å². The van der Waals surface area contributed by atoms with Gasteiger partial charge in [0, 0.05) is 24.7 Å². The highest BCUT2D eigenvalue weighted by Crippen LogP contribution is 2.43. The van der Waals surface area contributed by atoms with Gasteiger partial charge in [0.2, 0.25) is 0 Å². The fraction of sp³-hybridized carbons (Fsp3) is 0.258. The molecule has 0 amide bonds. The van der Waals surface area contributed by atoms with Gasteiger partial charge in [-0.25, -0.2) is 4.79 Å². The molecule has 36 heavy (non-hydrogen) atoms. The van der Waals surface area contributed by atoms with Crippen LogP contribution >= 0.6 is 0 Å². The minimum atomic E-state index is -0.451. The third-order valence-electron chi connectivity index (χ3n) is 7.04. The number of allylic oxidation sites excluding steroid dienone is 1. The summed E-state index contributed by atoms with van der Waals surface area (Å²) in [6.07, 6.45) is 4.44. The molecule has 182 valence electrons. The molecule has 3 aromatic rings. The first-order valence-corrected chi connectivity index (χ1v) is 12.4. The summed E-state index contributed by atoms with van der Waals surface area (Å²) in [5, 5.41) is 0. The summed E-state index contributed by atoms with van der Waals surface area (Å²) >= 11 is 0. The van der Waals surface area contributed by atoms with Gasteiger partial charge >= 0.3 is 11.9 Å². The molecule has 0 radical (unpaired) electrons. The summed E-state index contributed by atoms with van der Waals surface area (Å²) in [5.41, 5.74) is 3.67. The maximum absolute atomic E-state index is 13.0. The Morgan fingerprint density at radius 1 is 0.889 bits per heavy atom. The van der Waals surface area contributed by atoms with E-state index in [9.17, 15) is 14.4 Å². The van der Waals surface area contributed by atoms with Crippen LogP contribution in [0.25, 0.3) is 11.1 Å². The fourth-order valence-electron chi connectivity index (χ4n) is 5.14. The lowest BCUT2D eigenvalue weighted by atomic mass is 9.91. The molecule has 1 aliphatic carbocycles. The molecule has 0 bridgehead atoms. The maximum Gasteiger partial charge on any atom is 0.338 e. The standard InChI is InChI=1S/C31H28O5/c32-25(16-11-21-7-3-1-4-8-21)17-18-26-27-19-30(33)35-29(27)20-28(26)36-31(34)24-14-12-23(13-15-24)22-9-5-2-6-10-22/h1-10,12-15,17-18,26-29H,11,16,19-20H2. The third-order valence-corrected chi connectivity index (χ3v) is 7.04.